The zero-order valence-corrected chi connectivity index (χ0v) is 10.5. The Balaban J connectivity index is 2.01. The van der Waals surface area contributed by atoms with Gasteiger partial charge in [0.05, 0.1) is 6.42 Å². The second kappa shape index (κ2) is 5.65. The highest BCUT2D eigenvalue weighted by atomic mass is 16.4. The van der Waals surface area contributed by atoms with Crippen molar-refractivity contribution in [3.8, 4) is 0 Å². The first-order chi connectivity index (χ1) is 9.09. The standard InChI is InChI=1S/C14H15NO4/c16-12-9-10-5-1-2-6-11(10)14(19)15(12)8-4-3-7-13(17)18/h1-2,5-6H,3-4,7-9H2,(H,17,18). The lowest BCUT2D eigenvalue weighted by Gasteiger charge is -2.26. The fourth-order valence-corrected chi connectivity index (χ4v) is 2.17. The Morgan fingerprint density at radius 1 is 1.21 bits per heavy atom. The van der Waals surface area contributed by atoms with E-state index in [1.54, 1.807) is 18.2 Å². The number of rotatable bonds is 5. The second-order valence-corrected chi connectivity index (χ2v) is 4.54. The fraction of sp³-hybridized carbons (Fsp3) is 0.357. The molecule has 0 atom stereocenters. The number of benzene rings is 1. The summed E-state index contributed by atoms with van der Waals surface area (Å²) in [6.45, 7) is 0.291. The number of carbonyl (C=O) groups excluding carboxylic acids is 2. The van der Waals surface area contributed by atoms with Gasteiger partial charge in [0.15, 0.2) is 0 Å². The molecule has 1 aliphatic heterocycles. The summed E-state index contributed by atoms with van der Waals surface area (Å²) in [5.74, 6) is -1.34. The molecule has 5 nitrogen and oxygen atoms in total. The minimum absolute atomic E-state index is 0.0623. The van der Waals surface area contributed by atoms with Gasteiger partial charge in [-0.3, -0.25) is 19.3 Å². The van der Waals surface area contributed by atoms with Crippen LogP contribution in [-0.2, 0) is 16.0 Å². The van der Waals surface area contributed by atoms with Gasteiger partial charge < -0.3 is 5.11 Å². The molecule has 0 radical (unpaired) electrons. The number of fused-ring (bicyclic) bond motifs is 1. The third-order valence-corrected chi connectivity index (χ3v) is 3.16. The minimum atomic E-state index is -0.860. The first kappa shape index (κ1) is 13.3. The van der Waals surface area contributed by atoms with Gasteiger partial charge in [0, 0.05) is 18.5 Å². The Morgan fingerprint density at radius 2 is 1.95 bits per heavy atom. The lowest BCUT2D eigenvalue weighted by molar-refractivity contribution is -0.137. The van der Waals surface area contributed by atoms with E-state index in [0.717, 1.165) is 5.56 Å². The van der Waals surface area contributed by atoms with Gasteiger partial charge in [0.25, 0.3) is 5.91 Å². The summed E-state index contributed by atoms with van der Waals surface area (Å²) in [6, 6.07) is 7.08. The first-order valence-electron chi connectivity index (χ1n) is 6.24. The number of aliphatic carboxylic acids is 1. The van der Waals surface area contributed by atoms with E-state index in [1.807, 2.05) is 6.07 Å². The average molecular weight is 261 g/mol. The van der Waals surface area contributed by atoms with Crippen molar-refractivity contribution in [3.63, 3.8) is 0 Å². The molecule has 0 aromatic heterocycles. The van der Waals surface area contributed by atoms with Crippen LogP contribution < -0.4 is 0 Å². The van der Waals surface area contributed by atoms with Crippen molar-refractivity contribution >= 4 is 17.8 Å². The summed E-state index contributed by atoms with van der Waals surface area (Å²) < 4.78 is 0. The van der Waals surface area contributed by atoms with Gasteiger partial charge in [-0.25, -0.2) is 0 Å². The lowest BCUT2D eigenvalue weighted by atomic mass is 9.98. The number of unbranched alkanes of at least 4 members (excludes halogenated alkanes) is 1. The molecule has 5 heteroatoms. The van der Waals surface area contributed by atoms with Crippen LogP contribution in [-0.4, -0.2) is 34.3 Å². The van der Waals surface area contributed by atoms with Gasteiger partial charge in [-0.15, -0.1) is 0 Å². The van der Waals surface area contributed by atoms with Crippen molar-refractivity contribution in [3.05, 3.63) is 35.4 Å². The molecule has 0 spiro atoms. The largest absolute Gasteiger partial charge is 0.481 e. The zero-order chi connectivity index (χ0) is 13.8. The topological polar surface area (TPSA) is 74.7 Å². The van der Waals surface area contributed by atoms with Crippen LogP contribution >= 0.6 is 0 Å². The molecule has 1 aromatic carbocycles. The SMILES string of the molecule is O=C(O)CCCCN1C(=O)Cc2ccccc2C1=O. The molecule has 1 aromatic rings. The summed E-state index contributed by atoms with van der Waals surface area (Å²) in [7, 11) is 0. The van der Waals surface area contributed by atoms with E-state index in [-0.39, 0.29) is 24.7 Å². The molecule has 1 heterocycles. The van der Waals surface area contributed by atoms with Gasteiger partial charge in [0.1, 0.15) is 0 Å². The summed E-state index contributed by atoms with van der Waals surface area (Å²) in [4.78, 5) is 35.6. The quantitative estimate of drug-likeness (QED) is 0.643. The predicted molar refractivity (Wildman–Crippen MR) is 67.7 cm³/mol. The zero-order valence-electron chi connectivity index (χ0n) is 10.5. The lowest BCUT2D eigenvalue weighted by Crippen LogP contribution is -2.42. The van der Waals surface area contributed by atoms with Crippen LogP contribution in [0.2, 0.25) is 0 Å². The van der Waals surface area contributed by atoms with Gasteiger partial charge >= 0.3 is 5.97 Å². The van der Waals surface area contributed by atoms with E-state index in [1.165, 1.54) is 4.90 Å². The highest BCUT2D eigenvalue weighted by Gasteiger charge is 2.29. The molecule has 0 aliphatic carbocycles. The van der Waals surface area contributed by atoms with Crippen LogP contribution in [0.1, 0.15) is 35.2 Å². The number of imide groups is 1. The van der Waals surface area contributed by atoms with Crippen molar-refractivity contribution in [2.45, 2.75) is 25.7 Å². The van der Waals surface area contributed by atoms with E-state index < -0.39 is 5.97 Å². The molecule has 2 amide bonds. The van der Waals surface area contributed by atoms with Crippen LogP contribution in [0.25, 0.3) is 0 Å². The maximum Gasteiger partial charge on any atom is 0.303 e. The van der Waals surface area contributed by atoms with E-state index >= 15 is 0 Å². The van der Waals surface area contributed by atoms with Crippen LogP contribution in [0.5, 0.6) is 0 Å². The summed E-state index contributed by atoms with van der Waals surface area (Å²) in [5.41, 5.74) is 1.33. The third kappa shape index (κ3) is 2.99. The molecule has 0 unspecified atom stereocenters. The number of carboxylic acid groups (broad SMARTS) is 1. The van der Waals surface area contributed by atoms with Crippen molar-refractivity contribution < 1.29 is 19.5 Å². The Labute approximate surface area is 110 Å². The van der Waals surface area contributed by atoms with Gasteiger partial charge in [-0.05, 0) is 24.5 Å². The van der Waals surface area contributed by atoms with Crippen LogP contribution in [0.15, 0.2) is 24.3 Å². The Hall–Kier alpha value is -2.17. The smallest absolute Gasteiger partial charge is 0.303 e. The van der Waals surface area contributed by atoms with E-state index in [9.17, 15) is 14.4 Å². The Morgan fingerprint density at radius 3 is 2.68 bits per heavy atom. The van der Waals surface area contributed by atoms with Crippen molar-refractivity contribution in [2.75, 3.05) is 6.54 Å². The van der Waals surface area contributed by atoms with Crippen LogP contribution in [0, 0.1) is 0 Å². The number of hydrogen-bond donors (Lipinski definition) is 1. The minimum Gasteiger partial charge on any atom is -0.481 e. The van der Waals surface area contributed by atoms with E-state index in [0.29, 0.717) is 24.9 Å². The molecule has 2 rings (SSSR count). The molecule has 19 heavy (non-hydrogen) atoms. The molecule has 1 N–H and O–H groups in total. The van der Waals surface area contributed by atoms with E-state index in [2.05, 4.69) is 0 Å². The molecule has 100 valence electrons. The summed E-state index contributed by atoms with van der Waals surface area (Å²) in [5, 5.41) is 8.54. The maximum atomic E-state index is 12.1. The summed E-state index contributed by atoms with van der Waals surface area (Å²) in [6.07, 6.45) is 1.29. The number of nitrogens with zero attached hydrogens (tertiary/aromatic N) is 1. The van der Waals surface area contributed by atoms with Crippen molar-refractivity contribution in [2.24, 2.45) is 0 Å². The Bertz CT molecular complexity index is 524. The Kier molecular flexibility index (Phi) is 3.94. The normalized spacial score (nSPS) is 14.4. The molecule has 0 saturated heterocycles. The molecular weight excluding hydrogens is 246 g/mol. The van der Waals surface area contributed by atoms with Gasteiger partial charge in [-0.2, -0.15) is 0 Å². The van der Waals surface area contributed by atoms with Gasteiger partial charge in [-0.1, -0.05) is 18.2 Å². The first-order valence-corrected chi connectivity index (χ1v) is 6.24. The van der Waals surface area contributed by atoms with Gasteiger partial charge in [0.2, 0.25) is 5.91 Å². The van der Waals surface area contributed by atoms with Crippen LogP contribution in [0.4, 0.5) is 0 Å². The number of carbonyl (C=O) groups is 3. The van der Waals surface area contributed by atoms with Crippen molar-refractivity contribution in [1.29, 1.82) is 0 Å². The molecule has 0 saturated carbocycles. The maximum absolute atomic E-state index is 12.1. The number of amides is 2. The molecule has 0 fully saturated rings. The number of carboxylic acids is 1. The molecule has 1 aliphatic rings. The highest BCUT2D eigenvalue weighted by molar-refractivity contribution is 6.09. The predicted octanol–water partition coefficient (Wildman–Crippen LogP) is 1.47. The third-order valence-electron chi connectivity index (χ3n) is 3.16. The molecular formula is C14H15NO4. The van der Waals surface area contributed by atoms with Crippen LogP contribution in [0.3, 0.4) is 0 Å². The summed E-state index contributed by atoms with van der Waals surface area (Å²) >= 11 is 0. The van der Waals surface area contributed by atoms with E-state index in [4.69, 9.17) is 5.11 Å². The van der Waals surface area contributed by atoms with Crippen molar-refractivity contribution in [1.82, 2.24) is 4.90 Å². The number of hydrogen-bond acceptors (Lipinski definition) is 3. The average Bonchev–Trinajstić information content (AvgIpc) is 2.37. The monoisotopic (exact) mass is 261 g/mol. The highest BCUT2D eigenvalue weighted by Crippen LogP contribution is 2.19. The molecule has 0 bridgehead atoms. The second-order valence-electron chi connectivity index (χ2n) is 4.54. The fourth-order valence-electron chi connectivity index (χ4n) is 2.17.